The Morgan fingerprint density at radius 1 is 1.44 bits per heavy atom. The van der Waals surface area contributed by atoms with E-state index in [2.05, 4.69) is 10.1 Å². The van der Waals surface area contributed by atoms with Gasteiger partial charge in [0, 0.05) is 44.0 Å². The Labute approximate surface area is 144 Å². The van der Waals surface area contributed by atoms with Gasteiger partial charge >= 0.3 is 0 Å². The number of hydrogen-bond donors (Lipinski definition) is 0. The van der Waals surface area contributed by atoms with Crippen LogP contribution in [0.15, 0.2) is 27.5 Å². The Balaban J connectivity index is 1.59. The number of nitrogens with zero attached hydrogens (tertiary/aromatic N) is 4. The van der Waals surface area contributed by atoms with E-state index >= 15 is 0 Å². The van der Waals surface area contributed by atoms with Crippen LogP contribution in [0.4, 0.5) is 0 Å². The molecule has 25 heavy (non-hydrogen) atoms. The summed E-state index contributed by atoms with van der Waals surface area (Å²) in [5, 5.41) is 3.85. The van der Waals surface area contributed by atoms with Gasteiger partial charge in [0.15, 0.2) is 5.82 Å². The zero-order valence-corrected chi connectivity index (χ0v) is 14.3. The van der Waals surface area contributed by atoms with Crippen LogP contribution in [0.2, 0.25) is 0 Å². The summed E-state index contributed by atoms with van der Waals surface area (Å²) in [6, 6.07) is 4.75. The molecule has 0 spiro atoms. The first-order chi connectivity index (χ1) is 12.0. The molecule has 2 atom stereocenters. The molecule has 0 N–H and O–H groups in total. The molecule has 8 nitrogen and oxygen atoms in total. The van der Waals surface area contributed by atoms with Gasteiger partial charge in [-0.2, -0.15) is 4.98 Å². The molecule has 0 aliphatic carbocycles. The van der Waals surface area contributed by atoms with Gasteiger partial charge in [-0.05, 0) is 13.0 Å². The minimum absolute atomic E-state index is 0.129. The Kier molecular flexibility index (Phi) is 3.72. The molecule has 0 saturated carbocycles. The first-order valence-corrected chi connectivity index (χ1v) is 8.31. The molecule has 2 aliphatic rings. The third-order valence-corrected chi connectivity index (χ3v) is 5.29. The largest absolute Gasteiger partial charge is 0.380 e. The molecule has 2 aliphatic heterocycles. The summed E-state index contributed by atoms with van der Waals surface area (Å²) in [6.07, 6.45) is 0.593. The highest BCUT2D eigenvalue weighted by Gasteiger charge is 2.52. The summed E-state index contributed by atoms with van der Waals surface area (Å²) in [6.45, 7) is 4.13. The van der Waals surface area contributed by atoms with Crippen molar-refractivity contribution in [2.45, 2.75) is 13.3 Å². The molecule has 2 fully saturated rings. The summed E-state index contributed by atoms with van der Waals surface area (Å²) >= 11 is 0. The zero-order valence-electron chi connectivity index (χ0n) is 14.3. The van der Waals surface area contributed by atoms with Crippen LogP contribution < -0.4 is 5.56 Å². The number of fused-ring (bicyclic) bond motifs is 1. The third-order valence-electron chi connectivity index (χ3n) is 5.29. The lowest BCUT2D eigenvalue weighted by molar-refractivity contribution is 0.0703. The fourth-order valence-corrected chi connectivity index (χ4v) is 3.89. The van der Waals surface area contributed by atoms with E-state index in [1.807, 2.05) is 4.90 Å². The number of pyridine rings is 1. The number of ether oxygens (including phenoxy) is 1. The lowest BCUT2D eigenvalue weighted by Crippen LogP contribution is -2.37. The van der Waals surface area contributed by atoms with Crippen molar-refractivity contribution < 1.29 is 14.1 Å². The van der Waals surface area contributed by atoms with Crippen LogP contribution in [0.1, 0.15) is 22.2 Å². The van der Waals surface area contributed by atoms with Crippen molar-refractivity contribution in [1.29, 1.82) is 0 Å². The van der Waals surface area contributed by atoms with Crippen LogP contribution in [0.3, 0.4) is 0 Å². The minimum atomic E-state index is -0.206. The second-order valence-electron chi connectivity index (χ2n) is 6.98. The number of hydrogen-bond acceptors (Lipinski definition) is 6. The molecule has 0 aromatic carbocycles. The van der Waals surface area contributed by atoms with Crippen molar-refractivity contribution >= 4 is 5.91 Å². The number of rotatable bonds is 3. The maximum Gasteiger partial charge on any atom is 0.270 e. The fourth-order valence-electron chi connectivity index (χ4n) is 3.89. The molecular weight excluding hydrogens is 324 g/mol. The van der Waals surface area contributed by atoms with E-state index in [1.54, 1.807) is 26.1 Å². The lowest BCUT2D eigenvalue weighted by Gasteiger charge is -2.25. The van der Waals surface area contributed by atoms with Gasteiger partial charge in [-0.25, -0.2) is 0 Å². The maximum absolute atomic E-state index is 12.9. The van der Waals surface area contributed by atoms with Crippen LogP contribution in [0, 0.1) is 18.3 Å². The van der Waals surface area contributed by atoms with Gasteiger partial charge in [0.05, 0.1) is 13.2 Å². The van der Waals surface area contributed by atoms with E-state index in [0.29, 0.717) is 50.1 Å². The highest BCUT2D eigenvalue weighted by molar-refractivity contribution is 5.92. The SMILES string of the molecule is Cc1noc(C[C@]23COC[C@H]2CN(C(=O)c2cccc(=O)n2C)C3)n1. The molecule has 132 valence electrons. The molecule has 0 unspecified atom stereocenters. The van der Waals surface area contributed by atoms with Crippen LogP contribution in [0.25, 0.3) is 0 Å². The van der Waals surface area contributed by atoms with Gasteiger partial charge < -0.3 is 18.7 Å². The van der Waals surface area contributed by atoms with Gasteiger partial charge in [0.2, 0.25) is 5.89 Å². The summed E-state index contributed by atoms with van der Waals surface area (Å²) in [5.74, 6) is 1.28. The van der Waals surface area contributed by atoms with Crippen molar-refractivity contribution in [3.63, 3.8) is 0 Å². The molecular formula is C17H20N4O4. The van der Waals surface area contributed by atoms with Crippen molar-refractivity contribution in [2.75, 3.05) is 26.3 Å². The quantitative estimate of drug-likeness (QED) is 0.801. The summed E-state index contributed by atoms with van der Waals surface area (Å²) in [5.41, 5.74) is 0.00393. The number of amides is 1. The van der Waals surface area contributed by atoms with Crippen molar-refractivity contribution in [1.82, 2.24) is 19.6 Å². The van der Waals surface area contributed by atoms with Gasteiger partial charge in [-0.3, -0.25) is 9.59 Å². The number of carbonyl (C=O) groups excluding carboxylic acids is 1. The second kappa shape index (κ2) is 5.80. The van der Waals surface area contributed by atoms with Crippen LogP contribution in [-0.2, 0) is 18.2 Å². The standard InChI is InChI=1S/C17H20N4O4/c1-11-18-14(25-19-11)6-17-9-21(7-12(17)8-24-10-17)16(23)13-4-3-5-15(22)20(13)2/h3-5,12H,6-10H2,1-2H3/t12-,17+/m1/s1. The number of aryl methyl sites for hydroxylation is 1. The first-order valence-electron chi connectivity index (χ1n) is 8.31. The molecule has 1 amide bonds. The predicted molar refractivity (Wildman–Crippen MR) is 87.1 cm³/mol. The van der Waals surface area contributed by atoms with Gasteiger partial charge in [-0.1, -0.05) is 11.2 Å². The molecule has 8 heteroatoms. The number of likely N-dealkylation sites (tertiary alicyclic amines) is 1. The van der Waals surface area contributed by atoms with E-state index < -0.39 is 0 Å². The maximum atomic E-state index is 12.9. The second-order valence-corrected chi connectivity index (χ2v) is 6.98. The Morgan fingerprint density at radius 3 is 3.04 bits per heavy atom. The molecule has 4 rings (SSSR count). The van der Waals surface area contributed by atoms with Crippen LogP contribution in [-0.4, -0.2) is 51.8 Å². The summed E-state index contributed by atoms with van der Waals surface area (Å²) in [4.78, 5) is 30.8. The smallest absolute Gasteiger partial charge is 0.270 e. The average molecular weight is 344 g/mol. The minimum Gasteiger partial charge on any atom is -0.380 e. The van der Waals surface area contributed by atoms with E-state index in [9.17, 15) is 9.59 Å². The fraction of sp³-hybridized carbons (Fsp3) is 0.529. The highest BCUT2D eigenvalue weighted by Crippen LogP contribution is 2.43. The Morgan fingerprint density at radius 2 is 2.28 bits per heavy atom. The topological polar surface area (TPSA) is 90.5 Å². The number of aromatic nitrogens is 3. The average Bonchev–Trinajstić information content (AvgIpc) is 3.24. The normalized spacial score (nSPS) is 25.4. The molecule has 0 bridgehead atoms. The molecule has 2 saturated heterocycles. The van der Waals surface area contributed by atoms with E-state index in [1.165, 1.54) is 10.6 Å². The predicted octanol–water partition coefficient (Wildman–Crippen LogP) is 0.408. The molecule has 2 aromatic heterocycles. The highest BCUT2D eigenvalue weighted by atomic mass is 16.5. The van der Waals surface area contributed by atoms with E-state index in [0.717, 1.165) is 0 Å². The van der Waals surface area contributed by atoms with E-state index in [4.69, 9.17) is 9.26 Å². The Bertz CT molecular complexity index is 874. The van der Waals surface area contributed by atoms with Crippen molar-refractivity contribution in [3.05, 3.63) is 46.0 Å². The van der Waals surface area contributed by atoms with Gasteiger partial charge in [-0.15, -0.1) is 0 Å². The van der Waals surface area contributed by atoms with Crippen molar-refractivity contribution in [2.24, 2.45) is 18.4 Å². The third kappa shape index (κ3) is 2.66. The molecule has 0 radical (unpaired) electrons. The first kappa shape index (κ1) is 16.0. The van der Waals surface area contributed by atoms with Gasteiger partial charge in [0.1, 0.15) is 5.69 Å². The van der Waals surface area contributed by atoms with Gasteiger partial charge in [0.25, 0.3) is 11.5 Å². The lowest BCUT2D eigenvalue weighted by atomic mass is 9.78. The molecule has 4 heterocycles. The summed E-state index contributed by atoms with van der Waals surface area (Å²) in [7, 11) is 1.62. The zero-order chi connectivity index (χ0) is 17.6. The Hall–Kier alpha value is -2.48. The van der Waals surface area contributed by atoms with E-state index in [-0.39, 0.29) is 22.8 Å². The van der Waals surface area contributed by atoms with Crippen LogP contribution in [0.5, 0.6) is 0 Å². The number of carbonyl (C=O) groups is 1. The van der Waals surface area contributed by atoms with Crippen LogP contribution >= 0.6 is 0 Å². The molecule has 2 aromatic rings. The summed E-state index contributed by atoms with van der Waals surface area (Å²) < 4.78 is 12.4. The monoisotopic (exact) mass is 344 g/mol. The van der Waals surface area contributed by atoms with Crippen molar-refractivity contribution in [3.8, 4) is 0 Å².